The van der Waals surface area contributed by atoms with Crippen LogP contribution >= 0.6 is 0 Å². The Morgan fingerprint density at radius 2 is 2.18 bits per heavy atom. The number of methoxy groups -OCH3 is 1. The second-order valence-corrected chi connectivity index (χ2v) is 8.53. The van der Waals surface area contributed by atoms with Crippen LogP contribution in [0, 0.1) is 11.3 Å². The molecule has 4 rings (SSSR count). The highest BCUT2D eigenvalue weighted by Crippen LogP contribution is 2.41. The van der Waals surface area contributed by atoms with Crippen LogP contribution in [-0.2, 0) is 17.2 Å². The SMILES string of the molecule is COC[C@@]1(C)CNc2c(C#N)cc(-c3ccnc(Nc4cc(C(=O)N(C)C)n(C)n4)n3)cc21. The smallest absolute Gasteiger partial charge is 0.271 e. The Morgan fingerprint density at radius 1 is 1.39 bits per heavy atom. The van der Waals surface area contributed by atoms with E-state index in [1.54, 1.807) is 46.6 Å². The molecule has 2 aromatic heterocycles. The minimum absolute atomic E-state index is 0.150. The predicted octanol–water partition coefficient (Wildman–Crippen LogP) is 2.52. The Bertz CT molecular complexity index is 1260. The quantitative estimate of drug-likeness (QED) is 0.593. The van der Waals surface area contributed by atoms with Crippen LogP contribution < -0.4 is 10.6 Å². The van der Waals surface area contributed by atoms with Crippen LogP contribution in [0.3, 0.4) is 0 Å². The monoisotopic (exact) mass is 446 g/mol. The number of aryl methyl sites for hydroxylation is 1. The molecule has 0 saturated heterocycles. The highest BCUT2D eigenvalue weighted by Gasteiger charge is 2.36. The Kier molecular flexibility index (Phi) is 5.74. The number of ether oxygens (including phenoxy) is 1. The predicted molar refractivity (Wildman–Crippen MR) is 124 cm³/mol. The number of fused-ring (bicyclic) bond motifs is 1. The van der Waals surface area contributed by atoms with Gasteiger partial charge in [-0.15, -0.1) is 0 Å². The number of nitriles is 1. The number of anilines is 3. The van der Waals surface area contributed by atoms with Crippen molar-refractivity contribution in [2.75, 3.05) is 45.0 Å². The van der Waals surface area contributed by atoms with Gasteiger partial charge in [0.2, 0.25) is 5.95 Å². The summed E-state index contributed by atoms with van der Waals surface area (Å²) in [6.07, 6.45) is 1.64. The van der Waals surface area contributed by atoms with Gasteiger partial charge in [-0.05, 0) is 23.8 Å². The Balaban J connectivity index is 1.68. The minimum Gasteiger partial charge on any atom is -0.384 e. The number of carbonyl (C=O) groups excluding carboxylic acids is 1. The Hall–Kier alpha value is -3.97. The van der Waals surface area contributed by atoms with Gasteiger partial charge in [0.25, 0.3) is 5.91 Å². The van der Waals surface area contributed by atoms with E-state index in [4.69, 9.17) is 4.74 Å². The second-order valence-electron chi connectivity index (χ2n) is 8.53. The number of hydrogen-bond donors (Lipinski definition) is 2. The van der Waals surface area contributed by atoms with E-state index in [2.05, 4.69) is 44.8 Å². The number of amides is 1. The molecule has 0 aliphatic carbocycles. The fourth-order valence-corrected chi connectivity index (χ4v) is 4.02. The van der Waals surface area contributed by atoms with Crippen LogP contribution in [0.5, 0.6) is 0 Å². The van der Waals surface area contributed by atoms with E-state index in [9.17, 15) is 10.1 Å². The molecular formula is C23H26N8O2. The molecule has 0 fully saturated rings. The van der Waals surface area contributed by atoms with Crippen molar-refractivity contribution in [2.45, 2.75) is 12.3 Å². The fraction of sp³-hybridized carbons (Fsp3) is 0.348. The van der Waals surface area contributed by atoms with Crippen LogP contribution in [0.25, 0.3) is 11.3 Å². The van der Waals surface area contributed by atoms with E-state index >= 15 is 0 Å². The van der Waals surface area contributed by atoms with Crippen molar-refractivity contribution in [2.24, 2.45) is 7.05 Å². The molecule has 0 radical (unpaired) electrons. The first-order chi connectivity index (χ1) is 15.8. The first-order valence-electron chi connectivity index (χ1n) is 10.4. The highest BCUT2D eigenvalue weighted by atomic mass is 16.5. The molecule has 1 atom stereocenters. The molecule has 2 N–H and O–H groups in total. The third-order valence-corrected chi connectivity index (χ3v) is 5.72. The van der Waals surface area contributed by atoms with Gasteiger partial charge < -0.3 is 20.3 Å². The van der Waals surface area contributed by atoms with Crippen molar-refractivity contribution in [3.63, 3.8) is 0 Å². The summed E-state index contributed by atoms with van der Waals surface area (Å²) in [4.78, 5) is 22.7. The zero-order valence-electron chi connectivity index (χ0n) is 19.3. The summed E-state index contributed by atoms with van der Waals surface area (Å²) in [6.45, 7) is 3.34. The van der Waals surface area contributed by atoms with Gasteiger partial charge in [-0.3, -0.25) is 9.48 Å². The number of nitrogens with zero attached hydrogens (tertiary/aromatic N) is 6. The minimum atomic E-state index is -0.247. The maximum atomic E-state index is 12.3. The number of carbonyl (C=O) groups is 1. The molecule has 10 heteroatoms. The summed E-state index contributed by atoms with van der Waals surface area (Å²) < 4.78 is 6.95. The molecule has 1 aromatic carbocycles. The van der Waals surface area contributed by atoms with Crippen molar-refractivity contribution < 1.29 is 9.53 Å². The molecule has 0 bridgehead atoms. The Morgan fingerprint density at radius 3 is 2.88 bits per heavy atom. The summed E-state index contributed by atoms with van der Waals surface area (Å²) in [5.41, 5.74) is 4.12. The lowest BCUT2D eigenvalue weighted by atomic mass is 9.83. The highest BCUT2D eigenvalue weighted by molar-refractivity contribution is 5.93. The summed E-state index contributed by atoms with van der Waals surface area (Å²) >= 11 is 0. The van der Waals surface area contributed by atoms with Crippen LogP contribution in [0.4, 0.5) is 17.5 Å². The van der Waals surface area contributed by atoms with Crippen molar-refractivity contribution >= 4 is 23.4 Å². The molecule has 3 heterocycles. The number of aromatic nitrogens is 4. The molecule has 0 saturated carbocycles. The topological polar surface area (TPSA) is 121 Å². The van der Waals surface area contributed by atoms with Crippen LogP contribution in [0.2, 0.25) is 0 Å². The standard InChI is InChI=1S/C23H26N8O2/c1-23(13-33-5)12-26-20-15(11-24)8-14(9-16(20)23)17-6-7-25-22(27-17)28-19-10-18(31(4)29-19)21(32)30(2)3/h6-10,26H,12-13H2,1-5H3,(H,25,27,28,29)/t23-/m1/s1. The zero-order valence-corrected chi connectivity index (χ0v) is 19.3. The van der Waals surface area contributed by atoms with Gasteiger partial charge >= 0.3 is 0 Å². The first kappa shape index (κ1) is 22.2. The summed E-state index contributed by atoms with van der Waals surface area (Å²) in [6, 6.07) is 9.62. The molecule has 170 valence electrons. The normalized spacial score (nSPS) is 16.6. The number of nitrogens with one attached hydrogen (secondary N) is 2. The lowest BCUT2D eigenvalue weighted by Crippen LogP contribution is -2.29. The van der Waals surface area contributed by atoms with Gasteiger partial charge in [-0.25, -0.2) is 9.97 Å². The molecule has 1 aliphatic heterocycles. The average molecular weight is 447 g/mol. The Labute approximate surface area is 192 Å². The van der Waals surface area contributed by atoms with Gasteiger partial charge in [0.15, 0.2) is 5.82 Å². The largest absolute Gasteiger partial charge is 0.384 e. The maximum absolute atomic E-state index is 12.3. The maximum Gasteiger partial charge on any atom is 0.271 e. The fourth-order valence-electron chi connectivity index (χ4n) is 4.02. The lowest BCUT2D eigenvalue weighted by molar-refractivity contribution is 0.0817. The molecule has 33 heavy (non-hydrogen) atoms. The lowest BCUT2D eigenvalue weighted by Gasteiger charge is -2.23. The second kappa shape index (κ2) is 8.52. The van der Waals surface area contributed by atoms with Crippen molar-refractivity contribution in [1.82, 2.24) is 24.6 Å². The van der Waals surface area contributed by atoms with E-state index in [0.29, 0.717) is 41.9 Å². The third-order valence-electron chi connectivity index (χ3n) is 5.72. The van der Waals surface area contributed by atoms with Crippen LogP contribution in [-0.4, -0.2) is 64.9 Å². The third kappa shape index (κ3) is 4.10. The molecule has 0 spiro atoms. The zero-order chi connectivity index (χ0) is 23.8. The summed E-state index contributed by atoms with van der Waals surface area (Å²) in [5.74, 6) is 0.650. The molecule has 10 nitrogen and oxygen atoms in total. The molecule has 1 amide bonds. The first-order valence-corrected chi connectivity index (χ1v) is 10.4. The molecular weight excluding hydrogens is 420 g/mol. The van der Waals surface area contributed by atoms with Gasteiger partial charge in [0.1, 0.15) is 11.8 Å². The van der Waals surface area contributed by atoms with E-state index < -0.39 is 0 Å². The van der Waals surface area contributed by atoms with Gasteiger partial charge in [0.05, 0.1) is 23.6 Å². The van der Waals surface area contributed by atoms with E-state index in [1.807, 2.05) is 6.07 Å². The molecule has 1 aliphatic rings. The molecule has 3 aromatic rings. The summed E-state index contributed by atoms with van der Waals surface area (Å²) in [5, 5.41) is 20.5. The number of hydrogen-bond acceptors (Lipinski definition) is 8. The number of rotatable bonds is 6. The summed E-state index contributed by atoms with van der Waals surface area (Å²) in [7, 11) is 6.76. The van der Waals surface area contributed by atoms with Gasteiger partial charge in [-0.1, -0.05) is 6.92 Å². The average Bonchev–Trinajstić information content (AvgIpc) is 3.32. The number of benzene rings is 1. The van der Waals surface area contributed by atoms with Crippen molar-refractivity contribution in [3.8, 4) is 17.3 Å². The van der Waals surface area contributed by atoms with Crippen molar-refractivity contribution in [3.05, 3.63) is 47.3 Å². The van der Waals surface area contributed by atoms with E-state index in [-0.39, 0.29) is 11.3 Å². The van der Waals surface area contributed by atoms with E-state index in [0.717, 1.165) is 16.8 Å². The van der Waals surface area contributed by atoms with Crippen LogP contribution in [0.15, 0.2) is 30.5 Å². The van der Waals surface area contributed by atoms with Crippen LogP contribution in [0.1, 0.15) is 28.5 Å². The van der Waals surface area contributed by atoms with Gasteiger partial charge in [0, 0.05) is 58.0 Å². The molecule has 0 unspecified atom stereocenters. The van der Waals surface area contributed by atoms with E-state index in [1.165, 1.54) is 9.58 Å². The van der Waals surface area contributed by atoms with Crippen molar-refractivity contribution in [1.29, 1.82) is 5.26 Å². The van der Waals surface area contributed by atoms with Gasteiger partial charge in [-0.2, -0.15) is 10.4 Å².